The number of benzene rings is 2. The summed E-state index contributed by atoms with van der Waals surface area (Å²) in [6.45, 7) is 0.481. The molecule has 3 nitrogen and oxygen atoms in total. The molecule has 0 saturated carbocycles. The lowest BCUT2D eigenvalue weighted by Crippen LogP contribution is -2.38. The third-order valence-corrected chi connectivity index (χ3v) is 4.29. The van der Waals surface area contributed by atoms with Crippen molar-refractivity contribution in [3.8, 4) is 0 Å². The number of halogens is 1. The highest BCUT2D eigenvalue weighted by molar-refractivity contribution is 6.64. The van der Waals surface area contributed by atoms with Crippen LogP contribution >= 0.6 is 11.6 Å². The van der Waals surface area contributed by atoms with Crippen LogP contribution in [0.4, 0.5) is 0 Å². The molecule has 0 N–H and O–H groups in total. The number of aliphatic imine (C=N–C) groups is 1. The summed E-state index contributed by atoms with van der Waals surface area (Å²) in [6.07, 6.45) is 1.68. The molecular weight excluding hydrogens is 310 g/mol. The number of carbonyl (C=O) groups excluding carboxylic acids is 2. The molecule has 0 heterocycles. The standard InChI is InChI=1S/C19H16ClNO2/c20-16-17(21-12-6-9-13-7-2-1-3-8-13)19(23)15-11-5-4-10-14(15)18(16)22/h1-5,7-8,10-11,16H,6,9,12H2. The van der Waals surface area contributed by atoms with E-state index in [1.165, 1.54) is 5.56 Å². The van der Waals surface area contributed by atoms with Crippen molar-refractivity contribution in [2.24, 2.45) is 4.99 Å². The normalized spacial score (nSPS) is 19.0. The molecule has 0 aromatic heterocycles. The third-order valence-electron chi connectivity index (χ3n) is 3.89. The number of carbonyl (C=O) groups is 2. The van der Waals surface area contributed by atoms with Gasteiger partial charge in [0.2, 0.25) is 5.78 Å². The zero-order valence-electron chi connectivity index (χ0n) is 12.5. The van der Waals surface area contributed by atoms with E-state index in [9.17, 15) is 9.59 Å². The average molecular weight is 326 g/mol. The highest BCUT2D eigenvalue weighted by atomic mass is 35.5. The Kier molecular flexibility index (Phi) is 4.68. The highest BCUT2D eigenvalue weighted by Gasteiger charge is 2.36. The van der Waals surface area contributed by atoms with Crippen molar-refractivity contribution < 1.29 is 9.59 Å². The van der Waals surface area contributed by atoms with Gasteiger partial charge in [-0.25, -0.2) is 0 Å². The molecule has 2 aromatic carbocycles. The van der Waals surface area contributed by atoms with Gasteiger partial charge in [0.1, 0.15) is 11.1 Å². The predicted octanol–water partition coefficient (Wildman–Crippen LogP) is 3.75. The Labute approximate surface area is 140 Å². The fourth-order valence-electron chi connectivity index (χ4n) is 2.69. The van der Waals surface area contributed by atoms with E-state index in [4.69, 9.17) is 11.6 Å². The Hall–Kier alpha value is -2.26. The van der Waals surface area contributed by atoms with E-state index in [-0.39, 0.29) is 17.3 Å². The largest absolute Gasteiger partial charge is 0.292 e. The third kappa shape index (κ3) is 3.25. The van der Waals surface area contributed by atoms with Gasteiger partial charge in [0, 0.05) is 17.7 Å². The maximum absolute atomic E-state index is 12.5. The first-order chi connectivity index (χ1) is 11.2. The van der Waals surface area contributed by atoms with E-state index >= 15 is 0 Å². The molecule has 0 radical (unpaired) electrons. The molecule has 0 fully saturated rings. The number of Topliss-reactive ketones (excluding diaryl/α,β-unsaturated/α-hetero) is 2. The van der Waals surface area contributed by atoms with E-state index in [0.717, 1.165) is 12.8 Å². The lowest BCUT2D eigenvalue weighted by atomic mass is 9.88. The van der Waals surface area contributed by atoms with Crippen molar-refractivity contribution in [2.75, 3.05) is 6.54 Å². The minimum atomic E-state index is -0.978. The molecule has 3 rings (SSSR count). The summed E-state index contributed by atoms with van der Waals surface area (Å²) in [5.41, 5.74) is 2.19. The molecule has 4 heteroatoms. The van der Waals surface area contributed by atoms with E-state index in [1.54, 1.807) is 24.3 Å². The molecule has 0 bridgehead atoms. The molecule has 0 aliphatic heterocycles. The van der Waals surface area contributed by atoms with Crippen LogP contribution in [0.2, 0.25) is 0 Å². The number of alkyl halides is 1. The molecule has 0 spiro atoms. The summed E-state index contributed by atoms with van der Waals surface area (Å²) in [4.78, 5) is 29.1. The van der Waals surface area contributed by atoms with Gasteiger partial charge in [-0.15, -0.1) is 11.6 Å². The zero-order chi connectivity index (χ0) is 16.2. The summed E-state index contributed by atoms with van der Waals surface area (Å²) in [5, 5.41) is -0.978. The fraction of sp³-hybridized carbons (Fsp3) is 0.211. The molecule has 1 aliphatic carbocycles. The summed E-state index contributed by atoms with van der Waals surface area (Å²) in [5.74, 6) is -0.483. The SMILES string of the molecule is O=C1C(=NCCCc2ccccc2)C(Cl)C(=O)c2ccccc21. The molecule has 23 heavy (non-hydrogen) atoms. The maximum Gasteiger partial charge on any atom is 0.209 e. The first-order valence-electron chi connectivity index (χ1n) is 7.59. The second-order valence-electron chi connectivity index (χ2n) is 5.46. The Bertz CT molecular complexity index is 768. The molecule has 116 valence electrons. The van der Waals surface area contributed by atoms with Crippen LogP contribution in [0, 0.1) is 0 Å². The van der Waals surface area contributed by atoms with E-state index in [1.807, 2.05) is 18.2 Å². The van der Waals surface area contributed by atoms with E-state index in [0.29, 0.717) is 17.7 Å². The van der Waals surface area contributed by atoms with Crippen molar-refractivity contribution in [3.05, 3.63) is 71.3 Å². The predicted molar refractivity (Wildman–Crippen MR) is 91.8 cm³/mol. The number of fused-ring (bicyclic) bond motifs is 1. The van der Waals surface area contributed by atoms with Crippen molar-refractivity contribution >= 4 is 28.9 Å². The number of rotatable bonds is 4. The molecule has 0 saturated heterocycles. The van der Waals surface area contributed by atoms with Crippen molar-refractivity contribution in [1.82, 2.24) is 0 Å². The summed E-state index contributed by atoms with van der Waals surface area (Å²) < 4.78 is 0. The lowest BCUT2D eigenvalue weighted by molar-refractivity contribution is 0.0967. The maximum atomic E-state index is 12.5. The van der Waals surface area contributed by atoms with Gasteiger partial charge in [0.15, 0.2) is 5.78 Å². The summed E-state index contributed by atoms with van der Waals surface area (Å²) in [7, 11) is 0. The smallest absolute Gasteiger partial charge is 0.209 e. The molecule has 1 aliphatic rings. The minimum absolute atomic E-state index is 0.170. The van der Waals surface area contributed by atoms with Gasteiger partial charge in [0.25, 0.3) is 0 Å². The zero-order valence-corrected chi connectivity index (χ0v) is 13.3. The average Bonchev–Trinajstić information content (AvgIpc) is 2.60. The first-order valence-corrected chi connectivity index (χ1v) is 8.02. The van der Waals surface area contributed by atoms with Gasteiger partial charge in [-0.2, -0.15) is 0 Å². The molecule has 0 amide bonds. The first kappa shape index (κ1) is 15.6. The fourth-order valence-corrected chi connectivity index (χ4v) is 2.97. The van der Waals surface area contributed by atoms with Crippen molar-refractivity contribution in [2.45, 2.75) is 18.2 Å². The van der Waals surface area contributed by atoms with Gasteiger partial charge in [-0.3, -0.25) is 14.6 Å². The van der Waals surface area contributed by atoms with Crippen LogP contribution in [0.5, 0.6) is 0 Å². The summed E-state index contributed by atoms with van der Waals surface area (Å²) in [6, 6.07) is 16.8. The summed E-state index contributed by atoms with van der Waals surface area (Å²) >= 11 is 6.15. The number of aryl methyl sites for hydroxylation is 1. The second kappa shape index (κ2) is 6.88. The van der Waals surface area contributed by atoms with Crippen LogP contribution in [-0.4, -0.2) is 29.2 Å². The Morgan fingerprint density at radius 2 is 1.57 bits per heavy atom. The monoisotopic (exact) mass is 325 g/mol. The van der Waals surface area contributed by atoms with Crippen LogP contribution in [-0.2, 0) is 6.42 Å². The number of hydrogen-bond acceptors (Lipinski definition) is 3. The van der Waals surface area contributed by atoms with Crippen LogP contribution in [0.1, 0.15) is 32.7 Å². The molecule has 2 aromatic rings. The van der Waals surface area contributed by atoms with Gasteiger partial charge < -0.3 is 0 Å². The van der Waals surface area contributed by atoms with Gasteiger partial charge in [0.05, 0.1) is 0 Å². The van der Waals surface area contributed by atoms with Crippen LogP contribution in [0.15, 0.2) is 59.6 Å². The highest BCUT2D eigenvalue weighted by Crippen LogP contribution is 2.23. The molecule has 1 unspecified atom stereocenters. The number of nitrogens with zero attached hydrogens (tertiary/aromatic N) is 1. The number of hydrogen-bond donors (Lipinski definition) is 0. The van der Waals surface area contributed by atoms with Crippen LogP contribution in [0.3, 0.4) is 0 Å². The number of ketones is 2. The Morgan fingerprint density at radius 1 is 0.913 bits per heavy atom. The lowest BCUT2D eigenvalue weighted by Gasteiger charge is -2.19. The van der Waals surface area contributed by atoms with Crippen molar-refractivity contribution in [1.29, 1.82) is 0 Å². The van der Waals surface area contributed by atoms with Crippen molar-refractivity contribution in [3.63, 3.8) is 0 Å². The Morgan fingerprint density at radius 3 is 2.30 bits per heavy atom. The quantitative estimate of drug-likeness (QED) is 0.635. The van der Waals surface area contributed by atoms with Gasteiger partial charge >= 0.3 is 0 Å². The van der Waals surface area contributed by atoms with Gasteiger partial charge in [-0.1, -0.05) is 54.6 Å². The van der Waals surface area contributed by atoms with E-state index < -0.39 is 5.38 Å². The van der Waals surface area contributed by atoms with E-state index in [2.05, 4.69) is 17.1 Å². The Balaban J connectivity index is 1.72. The van der Waals surface area contributed by atoms with Gasteiger partial charge in [-0.05, 0) is 18.4 Å². The van der Waals surface area contributed by atoms with Crippen LogP contribution in [0.25, 0.3) is 0 Å². The topological polar surface area (TPSA) is 46.5 Å². The second-order valence-corrected chi connectivity index (χ2v) is 5.89. The minimum Gasteiger partial charge on any atom is -0.292 e. The van der Waals surface area contributed by atoms with Crippen LogP contribution < -0.4 is 0 Å². The molecular formula is C19H16ClNO2. The molecule has 1 atom stereocenters.